The Labute approximate surface area is 467 Å². The average Bonchev–Trinajstić information content (AvgIpc) is 4.38. The first-order valence-corrected chi connectivity index (χ1v) is 28.1. The summed E-state index contributed by atoms with van der Waals surface area (Å²) in [5.41, 5.74) is 17.9. The molecule has 7 aromatic carbocycles. The van der Waals surface area contributed by atoms with Crippen molar-refractivity contribution in [1.29, 1.82) is 0 Å². The lowest BCUT2D eigenvalue weighted by Gasteiger charge is -2.36. The number of hydrogen-bond donors (Lipinski definition) is 0. The summed E-state index contributed by atoms with van der Waals surface area (Å²) in [7, 11) is 0. The van der Waals surface area contributed by atoms with E-state index in [0.717, 1.165) is 81.9 Å². The highest BCUT2D eigenvalue weighted by atomic mass is 15.0. The molecule has 0 fully saturated rings. The smallest absolute Gasteiger partial charge is 0.0571 e. The van der Waals surface area contributed by atoms with Gasteiger partial charge in [-0.15, -0.1) is 0 Å². The van der Waals surface area contributed by atoms with Crippen LogP contribution in [0.25, 0.3) is 104 Å². The van der Waals surface area contributed by atoms with E-state index in [0.29, 0.717) is 0 Å². The van der Waals surface area contributed by atoms with Gasteiger partial charge in [-0.3, -0.25) is 19.9 Å². The van der Waals surface area contributed by atoms with E-state index in [9.17, 15) is 0 Å². The van der Waals surface area contributed by atoms with E-state index in [1.54, 1.807) is 0 Å². The third-order valence-electron chi connectivity index (χ3n) is 17.3. The zero-order valence-corrected chi connectivity index (χ0v) is 44.5. The molecule has 0 saturated carbocycles. The lowest BCUT2D eigenvalue weighted by molar-refractivity contribution is 0.276. The first kappa shape index (κ1) is 46.9. The highest BCUT2D eigenvalue weighted by molar-refractivity contribution is 6.11. The Morgan fingerprint density at radius 1 is 0.333 bits per heavy atom. The van der Waals surface area contributed by atoms with E-state index in [2.05, 4.69) is 251 Å². The van der Waals surface area contributed by atoms with Gasteiger partial charge in [0.1, 0.15) is 0 Å². The van der Waals surface area contributed by atoms with E-state index < -0.39 is 0 Å². The molecule has 1 aliphatic carbocycles. The van der Waals surface area contributed by atoms with Crippen LogP contribution in [0.2, 0.25) is 0 Å². The fraction of sp³-hybridized carbons (Fsp3) is 0.0959. The topological polar surface area (TPSA) is 71.3 Å². The van der Waals surface area contributed by atoms with Crippen LogP contribution in [-0.4, -0.2) is 38.2 Å². The molecule has 8 aromatic heterocycles. The summed E-state index contributed by atoms with van der Waals surface area (Å²) in [5.74, 6) is 0. The molecular weight excluding hydrogens is 989 g/mol. The van der Waals surface area contributed by atoms with Crippen molar-refractivity contribution in [2.45, 2.75) is 38.1 Å². The van der Waals surface area contributed by atoms with Gasteiger partial charge in [-0.1, -0.05) is 133 Å². The molecule has 0 N–H and O–H groups in total. The summed E-state index contributed by atoms with van der Waals surface area (Å²) in [5, 5.41) is 9.52. The van der Waals surface area contributed by atoms with E-state index in [1.807, 2.05) is 49.6 Å². The van der Waals surface area contributed by atoms with Crippen molar-refractivity contribution >= 4 is 87.2 Å². The molecule has 0 aliphatic heterocycles. The standard InChI is InChI=1S/C73H54N8/c1-5-13-65-57(9-1)61-45-74-37-33-69(61)78(65)53-25-17-49(18-26-53)41-73(42-50-19-27-54(28-20-50)79-66-14-6-2-10-58(66)62-46-75-38-34-70(62)79,43-51-21-29-55(30-22-51)80-67-15-7-3-11-59(67)63-47-76-39-35-71(63)80)44-52-23-31-56(32-24-52)81-68-16-8-4-12-60(68)64-48-77-40-36-72(64)81/h1-31,33-40,45-48,56H,32,41-44H2. The highest BCUT2D eigenvalue weighted by Crippen LogP contribution is 2.43. The number of para-hydroxylation sites is 4. The highest BCUT2D eigenvalue weighted by Gasteiger charge is 2.34. The molecule has 81 heavy (non-hydrogen) atoms. The zero-order chi connectivity index (χ0) is 53.4. The zero-order valence-electron chi connectivity index (χ0n) is 44.5. The van der Waals surface area contributed by atoms with Crippen molar-refractivity contribution in [3.63, 3.8) is 0 Å². The lowest BCUT2D eigenvalue weighted by Crippen LogP contribution is -2.30. The van der Waals surface area contributed by atoms with Crippen LogP contribution in [-0.2, 0) is 19.3 Å². The van der Waals surface area contributed by atoms with Gasteiger partial charge in [0, 0.05) is 115 Å². The molecule has 0 saturated heterocycles. The van der Waals surface area contributed by atoms with Crippen LogP contribution < -0.4 is 0 Å². The molecule has 386 valence electrons. The number of fused-ring (bicyclic) bond motifs is 12. The summed E-state index contributed by atoms with van der Waals surface area (Å²) in [6.45, 7) is 0. The SMILES string of the molecule is C1=CC(n2c3ccccc3c3cnccc32)CC=C1CC(Cc1ccc(-n2c3ccccc3c3cnccc32)cc1)(Cc1ccc(-n2c3ccccc3c3cnccc32)cc1)Cc1ccc(-n2c3ccccc3c3cnccc32)cc1. The maximum atomic E-state index is 4.55. The third kappa shape index (κ3) is 7.88. The summed E-state index contributed by atoms with van der Waals surface area (Å²) in [4.78, 5) is 18.1. The molecule has 0 spiro atoms. The molecule has 0 amide bonds. The van der Waals surface area contributed by atoms with Crippen LogP contribution in [0.5, 0.6) is 0 Å². The summed E-state index contributed by atoms with van der Waals surface area (Å²) < 4.78 is 9.67. The van der Waals surface area contributed by atoms with E-state index >= 15 is 0 Å². The van der Waals surface area contributed by atoms with Crippen molar-refractivity contribution in [1.82, 2.24) is 38.2 Å². The van der Waals surface area contributed by atoms with Gasteiger partial charge in [0.05, 0.1) is 44.7 Å². The van der Waals surface area contributed by atoms with Crippen LogP contribution in [0.1, 0.15) is 35.6 Å². The van der Waals surface area contributed by atoms with Crippen LogP contribution in [0.4, 0.5) is 0 Å². The molecule has 8 nitrogen and oxygen atoms in total. The average molecular weight is 1040 g/mol. The minimum atomic E-state index is -0.248. The maximum absolute atomic E-state index is 4.55. The van der Waals surface area contributed by atoms with Gasteiger partial charge in [-0.2, -0.15) is 0 Å². The molecule has 8 heterocycles. The lowest BCUT2D eigenvalue weighted by atomic mass is 9.68. The Morgan fingerprint density at radius 2 is 0.654 bits per heavy atom. The predicted molar refractivity (Wildman–Crippen MR) is 332 cm³/mol. The predicted octanol–water partition coefficient (Wildman–Crippen LogP) is 17.2. The number of hydrogen-bond acceptors (Lipinski definition) is 4. The fourth-order valence-corrected chi connectivity index (χ4v) is 13.9. The number of aromatic nitrogens is 8. The van der Waals surface area contributed by atoms with Crippen LogP contribution >= 0.6 is 0 Å². The molecule has 16 rings (SSSR count). The Morgan fingerprint density at radius 3 is 1.04 bits per heavy atom. The first-order valence-electron chi connectivity index (χ1n) is 28.1. The minimum absolute atomic E-state index is 0.172. The van der Waals surface area contributed by atoms with Crippen molar-refractivity contribution in [3.8, 4) is 17.1 Å². The molecule has 1 unspecified atom stereocenters. The normalized spacial score (nSPS) is 14.0. The second-order valence-corrected chi connectivity index (χ2v) is 22.2. The second-order valence-electron chi connectivity index (χ2n) is 22.2. The van der Waals surface area contributed by atoms with Crippen molar-refractivity contribution in [3.05, 3.63) is 284 Å². The van der Waals surface area contributed by atoms with Crippen molar-refractivity contribution in [2.75, 3.05) is 0 Å². The number of allylic oxidation sites excluding steroid dienone is 4. The van der Waals surface area contributed by atoms with Gasteiger partial charge in [0.25, 0.3) is 0 Å². The van der Waals surface area contributed by atoms with Gasteiger partial charge in [-0.25, -0.2) is 0 Å². The monoisotopic (exact) mass is 1040 g/mol. The first-order chi connectivity index (χ1) is 40.1. The molecule has 15 aromatic rings. The summed E-state index contributed by atoms with van der Waals surface area (Å²) >= 11 is 0. The number of nitrogens with zero attached hydrogens (tertiary/aromatic N) is 8. The van der Waals surface area contributed by atoms with Gasteiger partial charge in [0.15, 0.2) is 0 Å². The van der Waals surface area contributed by atoms with E-state index in [4.69, 9.17) is 0 Å². The fourth-order valence-electron chi connectivity index (χ4n) is 13.9. The molecule has 8 heteroatoms. The summed E-state index contributed by atoms with van der Waals surface area (Å²) in [6.07, 6.45) is 27.4. The Kier molecular flexibility index (Phi) is 11.0. The van der Waals surface area contributed by atoms with Crippen LogP contribution in [0.15, 0.2) is 267 Å². The Bertz CT molecular complexity index is 4380. The second kappa shape index (κ2) is 19.0. The molecular formula is C73H54N8. The Hall–Kier alpha value is -10.2. The largest absolute Gasteiger partial charge is 0.333 e. The summed E-state index contributed by atoms with van der Waals surface area (Å²) in [6, 6.07) is 71.7. The quantitative estimate of drug-likeness (QED) is 0.122. The van der Waals surface area contributed by atoms with Crippen LogP contribution in [0.3, 0.4) is 0 Å². The van der Waals surface area contributed by atoms with Crippen molar-refractivity contribution in [2.24, 2.45) is 5.41 Å². The van der Waals surface area contributed by atoms with Gasteiger partial charge < -0.3 is 18.3 Å². The van der Waals surface area contributed by atoms with Gasteiger partial charge in [-0.05, 0) is 139 Å². The van der Waals surface area contributed by atoms with Crippen LogP contribution in [0, 0.1) is 5.41 Å². The Balaban J connectivity index is 0.819. The minimum Gasteiger partial charge on any atom is -0.333 e. The third-order valence-corrected chi connectivity index (χ3v) is 17.3. The molecule has 1 aliphatic rings. The number of benzene rings is 7. The number of rotatable bonds is 12. The number of pyridine rings is 4. The van der Waals surface area contributed by atoms with Gasteiger partial charge in [0.2, 0.25) is 0 Å². The molecule has 0 bridgehead atoms. The maximum Gasteiger partial charge on any atom is 0.0571 e. The van der Waals surface area contributed by atoms with E-state index in [1.165, 1.54) is 76.8 Å². The molecule has 1 atom stereocenters. The molecule has 0 radical (unpaired) electrons. The van der Waals surface area contributed by atoms with Gasteiger partial charge >= 0.3 is 0 Å². The van der Waals surface area contributed by atoms with E-state index in [-0.39, 0.29) is 11.5 Å². The van der Waals surface area contributed by atoms with Crippen molar-refractivity contribution < 1.29 is 0 Å².